The van der Waals surface area contributed by atoms with E-state index in [1.54, 1.807) is 24.3 Å². The first kappa shape index (κ1) is 17.0. The van der Waals surface area contributed by atoms with Crippen LogP contribution in [0.2, 0.25) is 0 Å². The summed E-state index contributed by atoms with van der Waals surface area (Å²) in [5.74, 6) is 0.414. The van der Waals surface area contributed by atoms with Gasteiger partial charge in [-0.25, -0.2) is 0 Å². The average Bonchev–Trinajstić information content (AvgIpc) is 2.51. The van der Waals surface area contributed by atoms with Gasteiger partial charge in [0, 0.05) is 22.6 Å². The van der Waals surface area contributed by atoms with Gasteiger partial charge >= 0.3 is 0 Å². The molecule has 0 atom stereocenters. The second-order valence-electron chi connectivity index (χ2n) is 4.82. The Labute approximate surface area is 143 Å². The fourth-order valence-corrected chi connectivity index (χ4v) is 2.28. The summed E-state index contributed by atoms with van der Waals surface area (Å²) in [4.78, 5) is 22.9. The van der Waals surface area contributed by atoms with Gasteiger partial charge in [0.25, 0.3) is 5.91 Å². The van der Waals surface area contributed by atoms with Gasteiger partial charge in [0.05, 0.1) is 6.54 Å². The molecule has 6 heteroatoms. The number of hydrogen-bond donors (Lipinski definition) is 2. The van der Waals surface area contributed by atoms with Crippen molar-refractivity contribution in [3.05, 3.63) is 58.6 Å². The summed E-state index contributed by atoms with van der Waals surface area (Å²) in [6.45, 7) is 2.22. The zero-order chi connectivity index (χ0) is 16.7. The number of halogens is 1. The van der Waals surface area contributed by atoms with E-state index < -0.39 is 0 Å². The number of anilines is 1. The van der Waals surface area contributed by atoms with Gasteiger partial charge in [-0.2, -0.15) is 0 Å². The predicted octanol–water partition coefficient (Wildman–Crippen LogP) is 3.22. The maximum Gasteiger partial charge on any atom is 0.251 e. The smallest absolute Gasteiger partial charge is 0.251 e. The molecule has 120 valence electrons. The second-order valence-corrected chi connectivity index (χ2v) is 5.74. The zero-order valence-electron chi connectivity index (χ0n) is 12.6. The minimum absolute atomic E-state index is 0.146. The van der Waals surface area contributed by atoms with Crippen LogP contribution in [0.15, 0.2) is 53.0 Å². The van der Waals surface area contributed by atoms with E-state index in [1.165, 1.54) is 6.92 Å². The number of benzene rings is 2. The van der Waals surface area contributed by atoms with Crippen LogP contribution >= 0.6 is 15.9 Å². The SMILES string of the molecule is CC(=O)Nc1ccc(C(=O)NCCOc2cccc(Br)c2)cc1. The topological polar surface area (TPSA) is 67.4 Å². The molecule has 23 heavy (non-hydrogen) atoms. The molecule has 0 radical (unpaired) electrons. The molecule has 0 aliphatic rings. The van der Waals surface area contributed by atoms with Gasteiger partial charge in [-0.1, -0.05) is 22.0 Å². The van der Waals surface area contributed by atoms with Crippen LogP contribution in [-0.2, 0) is 4.79 Å². The molecule has 2 N–H and O–H groups in total. The molecular weight excluding hydrogens is 360 g/mol. The molecule has 0 bridgehead atoms. The van der Waals surface area contributed by atoms with Crippen molar-refractivity contribution in [2.45, 2.75) is 6.92 Å². The number of hydrogen-bond acceptors (Lipinski definition) is 3. The van der Waals surface area contributed by atoms with E-state index in [2.05, 4.69) is 26.6 Å². The zero-order valence-corrected chi connectivity index (χ0v) is 14.2. The van der Waals surface area contributed by atoms with E-state index in [0.29, 0.717) is 24.4 Å². The van der Waals surface area contributed by atoms with Gasteiger partial charge in [0.15, 0.2) is 0 Å². The summed E-state index contributed by atoms with van der Waals surface area (Å²) >= 11 is 3.37. The summed E-state index contributed by atoms with van der Waals surface area (Å²) in [6, 6.07) is 14.2. The average molecular weight is 377 g/mol. The maximum atomic E-state index is 12.0. The van der Waals surface area contributed by atoms with Crippen LogP contribution in [0.4, 0.5) is 5.69 Å². The summed E-state index contributed by atoms with van der Waals surface area (Å²) in [7, 11) is 0. The van der Waals surface area contributed by atoms with Crippen LogP contribution in [0.1, 0.15) is 17.3 Å². The third kappa shape index (κ3) is 5.75. The summed E-state index contributed by atoms with van der Waals surface area (Å²) in [5.41, 5.74) is 1.19. The fraction of sp³-hybridized carbons (Fsp3) is 0.176. The molecule has 2 amide bonds. The number of nitrogens with one attached hydrogen (secondary N) is 2. The van der Waals surface area contributed by atoms with E-state index >= 15 is 0 Å². The lowest BCUT2D eigenvalue weighted by molar-refractivity contribution is -0.114. The lowest BCUT2D eigenvalue weighted by Gasteiger charge is -2.08. The third-order valence-corrected chi connectivity index (χ3v) is 3.41. The third-order valence-electron chi connectivity index (χ3n) is 2.92. The van der Waals surface area contributed by atoms with E-state index in [4.69, 9.17) is 4.74 Å². The fourth-order valence-electron chi connectivity index (χ4n) is 1.90. The Morgan fingerprint density at radius 2 is 1.87 bits per heavy atom. The van der Waals surface area contributed by atoms with Crippen molar-refractivity contribution in [3.8, 4) is 5.75 Å². The van der Waals surface area contributed by atoms with Crippen molar-refractivity contribution in [2.75, 3.05) is 18.5 Å². The van der Waals surface area contributed by atoms with Gasteiger partial charge in [-0.05, 0) is 42.5 Å². The van der Waals surface area contributed by atoms with Crippen LogP contribution in [0.25, 0.3) is 0 Å². The van der Waals surface area contributed by atoms with Crippen molar-refractivity contribution < 1.29 is 14.3 Å². The monoisotopic (exact) mass is 376 g/mol. The molecule has 0 aliphatic carbocycles. The normalized spacial score (nSPS) is 10.0. The second kappa shape index (κ2) is 8.33. The Bertz CT molecular complexity index is 686. The number of carbonyl (C=O) groups excluding carboxylic acids is 2. The minimum atomic E-state index is -0.183. The highest BCUT2D eigenvalue weighted by molar-refractivity contribution is 9.10. The quantitative estimate of drug-likeness (QED) is 0.760. The first-order valence-electron chi connectivity index (χ1n) is 7.09. The Hall–Kier alpha value is -2.34. The molecule has 0 aliphatic heterocycles. The summed E-state index contributed by atoms with van der Waals surface area (Å²) in [5, 5.41) is 5.43. The number of amides is 2. The molecule has 0 heterocycles. The number of rotatable bonds is 6. The highest BCUT2D eigenvalue weighted by atomic mass is 79.9. The van der Waals surface area contributed by atoms with Crippen LogP contribution in [0, 0.1) is 0 Å². The molecule has 2 aromatic rings. The Morgan fingerprint density at radius 3 is 2.52 bits per heavy atom. The van der Waals surface area contributed by atoms with Crippen molar-refractivity contribution >= 4 is 33.4 Å². The molecule has 0 aromatic heterocycles. The standard InChI is InChI=1S/C17H17BrN2O3/c1-12(21)20-15-7-5-13(6-8-15)17(22)19-9-10-23-16-4-2-3-14(18)11-16/h2-8,11H,9-10H2,1H3,(H,19,22)(H,20,21). The number of ether oxygens (including phenoxy) is 1. The predicted molar refractivity (Wildman–Crippen MR) is 92.7 cm³/mol. The van der Waals surface area contributed by atoms with E-state index in [0.717, 1.165) is 10.2 Å². The lowest BCUT2D eigenvalue weighted by atomic mass is 10.2. The van der Waals surface area contributed by atoms with Gasteiger partial charge in [-0.15, -0.1) is 0 Å². The van der Waals surface area contributed by atoms with Crippen LogP contribution in [-0.4, -0.2) is 25.0 Å². The van der Waals surface area contributed by atoms with Crippen molar-refractivity contribution in [1.82, 2.24) is 5.32 Å². The summed E-state index contributed by atoms with van der Waals surface area (Å²) < 4.78 is 6.49. The van der Waals surface area contributed by atoms with Crippen LogP contribution in [0.3, 0.4) is 0 Å². The minimum Gasteiger partial charge on any atom is -0.492 e. The maximum absolute atomic E-state index is 12.0. The van der Waals surface area contributed by atoms with Gasteiger partial charge in [0.1, 0.15) is 12.4 Å². The molecule has 5 nitrogen and oxygen atoms in total. The Kier molecular flexibility index (Phi) is 6.17. The van der Waals surface area contributed by atoms with E-state index in [1.807, 2.05) is 24.3 Å². The van der Waals surface area contributed by atoms with Crippen LogP contribution < -0.4 is 15.4 Å². The lowest BCUT2D eigenvalue weighted by Crippen LogP contribution is -2.28. The van der Waals surface area contributed by atoms with Gasteiger partial charge in [0.2, 0.25) is 5.91 Å². The highest BCUT2D eigenvalue weighted by Crippen LogP contribution is 2.17. The van der Waals surface area contributed by atoms with Crippen molar-refractivity contribution in [2.24, 2.45) is 0 Å². The van der Waals surface area contributed by atoms with Crippen LogP contribution in [0.5, 0.6) is 5.75 Å². The van der Waals surface area contributed by atoms with E-state index in [9.17, 15) is 9.59 Å². The molecule has 0 spiro atoms. The van der Waals surface area contributed by atoms with E-state index in [-0.39, 0.29) is 11.8 Å². The van der Waals surface area contributed by atoms with Crippen molar-refractivity contribution in [3.63, 3.8) is 0 Å². The molecular formula is C17H17BrN2O3. The Balaban J connectivity index is 1.77. The van der Waals surface area contributed by atoms with Gasteiger partial charge in [-0.3, -0.25) is 9.59 Å². The largest absolute Gasteiger partial charge is 0.492 e. The number of carbonyl (C=O) groups is 2. The molecule has 2 rings (SSSR count). The molecule has 0 saturated heterocycles. The molecule has 0 unspecified atom stereocenters. The molecule has 2 aromatic carbocycles. The Morgan fingerprint density at radius 1 is 1.13 bits per heavy atom. The highest BCUT2D eigenvalue weighted by Gasteiger charge is 2.05. The first-order chi connectivity index (χ1) is 11.0. The molecule has 0 fully saturated rings. The first-order valence-corrected chi connectivity index (χ1v) is 7.88. The van der Waals surface area contributed by atoms with Crippen molar-refractivity contribution in [1.29, 1.82) is 0 Å². The summed E-state index contributed by atoms with van der Waals surface area (Å²) in [6.07, 6.45) is 0. The van der Waals surface area contributed by atoms with Gasteiger partial charge < -0.3 is 15.4 Å². The molecule has 0 saturated carbocycles.